The lowest BCUT2D eigenvalue weighted by Crippen LogP contribution is -2.46. The monoisotopic (exact) mass is 309 g/mol. The zero-order valence-electron chi connectivity index (χ0n) is 12.6. The first kappa shape index (κ1) is 15.8. The Bertz CT molecular complexity index is 535. The Morgan fingerprint density at radius 2 is 1.86 bits per heavy atom. The summed E-state index contributed by atoms with van der Waals surface area (Å²) in [5, 5.41) is 0.650. The largest absolute Gasteiger partial charge is 0.468 e. The number of esters is 1. The molecule has 1 fully saturated rings. The SMILES string of the molecule is COC(=O)CN(C(=O)C1(c2ccc(Cl)cc2)CC1)C(C)C. The van der Waals surface area contributed by atoms with Gasteiger partial charge in [0.1, 0.15) is 6.54 Å². The lowest BCUT2D eigenvalue weighted by molar-refractivity contribution is -0.149. The molecule has 1 aliphatic carbocycles. The number of benzene rings is 1. The standard InChI is InChI=1S/C16H20ClNO3/c1-11(2)18(10-14(19)21-3)15(20)16(8-9-16)12-4-6-13(17)7-5-12/h4-7,11H,8-10H2,1-3H3. The predicted octanol–water partition coefficient (Wildman–Crippen LogP) is 2.78. The Morgan fingerprint density at radius 3 is 2.29 bits per heavy atom. The molecule has 0 heterocycles. The van der Waals surface area contributed by atoms with E-state index in [1.54, 1.807) is 17.0 Å². The van der Waals surface area contributed by atoms with Gasteiger partial charge in [-0.2, -0.15) is 0 Å². The third-order valence-electron chi connectivity index (χ3n) is 3.97. The fourth-order valence-corrected chi connectivity index (χ4v) is 2.61. The van der Waals surface area contributed by atoms with Crippen molar-refractivity contribution >= 4 is 23.5 Å². The van der Waals surface area contributed by atoms with Crippen LogP contribution in [0.2, 0.25) is 5.02 Å². The van der Waals surface area contributed by atoms with Crippen LogP contribution in [0.4, 0.5) is 0 Å². The van der Waals surface area contributed by atoms with E-state index in [1.165, 1.54) is 7.11 Å². The quantitative estimate of drug-likeness (QED) is 0.786. The maximum atomic E-state index is 12.9. The first-order valence-electron chi connectivity index (χ1n) is 7.04. The Hall–Kier alpha value is -1.55. The van der Waals surface area contributed by atoms with Crippen molar-refractivity contribution in [2.45, 2.75) is 38.1 Å². The average molecular weight is 310 g/mol. The normalized spacial score (nSPS) is 15.7. The van der Waals surface area contributed by atoms with Crippen LogP contribution >= 0.6 is 11.6 Å². The number of methoxy groups -OCH3 is 1. The number of amides is 1. The lowest BCUT2D eigenvalue weighted by Gasteiger charge is -2.30. The van der Waals surface area contributed by atoms with Crippen LogP contribution in [0.5, 0.6) is 0 Å². The summed E-state index contributed by atoms with van der Waals surface area (Å²) in [5.74, 6) is -0.408. The van der Waals surface area contributed by atoms with Crippen LogP contribution in [0, 0.1) is 0 Å². The van der Waals surface area contributed by atoms with Crippen molar-refractivity contribution in [1.29, 1.82) is 0 Å². The van der Waals surface area contributed by atoms with E-state index in [1.807, 2.05) is 26.0 Å². The molecule has 2 rings (SSSR count). The third kappa shape index (κ3) is 3.21. The second kappa shape index (κ2) is 6.06. The van der Waals surface area contributed by atoms with Gasteiger partial charge in [0.05, 0.1) is 12.5 Å². The molecular formula is C16H20ClNO3. The number of hydrogen-bond acceptors (Lipinski definition) is 3. The summed E-state index contributed by atoms with van der Waals surface area (Å²) in [7, 11) is 1.33. The molecule has 1 aliphatic rings. The van der Waals surface area contributed by atoms with Gasteiger partial charge in [-0.3, -0.25) is 9.59 Å². The molecule has 0 aromatic heterocycles. The third-order valence-corrected chi connectivity index (χ3v) is 4.22. The molecule has 4 nitrogen and oxygen atoms in total. The van der Waals surface area contributed by atoms with Crippen molar-refractivity contribution in [1.82, 2.24) is 4.90 Å². The van der Waals surface area contributed by atoms with Crippen molar-refractivity contribution in [3.8, 4) is 0 Å². The van der Waals surface area contributed by atoms with Gasteiger partial charge >= 0.3 is 5.97 Å². The minimum atomic E-state index is -0.497. The highest BCUT2D eigenvalue weighted by Crippen LogP contribution is 2.50. The number of hydrogen-bond donors (Lipinski definition) is 0. The lowest BCUT2D eigenvalue weighted by atomic mass is 9.94. The first-order valence-corrected chi connectivity index (χ1v) is 7.42. The van der Waals surface area contributed by atoms with Crippen molar-refractivity contribution in [3.63, 3.8) is 0 Å². The molecule has 0 bridgehead atoms. The highest BCUT2D eigenvalue weighted by molar-refractivity contribution is 6.30. The van der Waals surface area contributed by atoms with Crippen molar-refractivity contribution in [2.24, 2.45) is 0 Å². The van der Waals surface area contributed by atoms with Gasteiger partial charge < -0.3 is 9.64 Å². The summed E-state index contributed by atoms with van der Waals surface area (Å²) in [6, 6.07) is 7.32. The number of carbonyl (C=O) groups excluding carboxylic acids is 2. The van der Waals surface area contributed by atoms with Gasteiger partial charge in [-0.15, -0.1) is 0 Å². The van der Waals surface area contributed by atoms with E-state index in [0.717, 1.165) is 18.4 Å². The minimum absolute atomic E-state index is 0.00905. The van der Waals surface area contributed by atoms with Crippen LogP contribution in [-0.4, -0.2) is 36.5 Å². The zero-order chi connectivity index (χ0) is 15.6. The van der Waals surface area contributed by atoms with Crippen molar-refractivity contribution in [2.75, 3.05) is 13.7 Å². The summed E-state index contributed by atoms with van der Waals surface area (Å²) in [6.45, 7) is 3.79. The van der Waals surface area contributed by atoms with Gasteiger partial charge in [-0.25, -0.2) is 0 Å². The summed E-state index contributed by atoms with van der Waals surface area (Å²) in [5.41, 5.74) is 0.468. The fraction of sp³-hybridized carbons (Fsp3) is 0.500. The van der Waals surface area contributed by atoms with Crippen LogP contribution in [-0.2, 0) is 19.7 Å². The summed E-state index contributed by atoms with van der Waals surface area (Å²) in [4.78, 5) is 26.0. The molecule has 21 heavy (non-hydrogen) atoms. The van der Waals surface area contributed by atoms with E-state index in [2.05, 4.69) is 4.74 Å². The molecule has 5 heteroatoms. The fourth-order valence-electron chi connectivity index (χ4n) is 2.49. The number of halogens is 1. The van der Waals surface area contributed by atoms with E-state index in [0.29, 0.717) is 5.02 Å². The molecule has 0 radical (unpaired) electrons. The molecule has 0 spiro atoms. The Kier molecular flexibility index (Phi) is 4.57. The van der Waals surface area contributed by atoms with Crippen LogP contribution < -0.4 is 0 Å². The number of nitrogens with zero attached hydrogens (tertiary/aromatic N) is 1. The van der Waals surface area contributed by atoms with E-state index in [9.17, 15) is 9.59 Å². The second-order valence-corrected chi connectivity index (χ2v) is 6.13. The smallest absolute Gasteiger partial charge is 0.325 e. The van der Waals surface area contributed by atoms with Crippen molar-refractivity contribution in [3.05, 3.63) is 34.9 Å². The Balaban J connectivity index is 2.23. The molecule has 114 valence electrons. The van der Waals surface area contributed by atoms with Gasteiger partial charge in [0.25, 0.3) is 0 Å². The molecule has 1 aromatic carbocycles. The van der Waals surface area contributed by atoms with E-state index >= 15 is 0 Å². The molecule has 0 aliphatic heterocycles. The summed E-state index contributed by atoms with van der Waals surface area (Å²) in [6.07, 6.45) is 1.61. The average Bonchev–Trinajstić information content (AvgIpc) is 3.25. The maximum Gasteiger partial charge on any atom is 0.325 e. The van der Waals surface area contributed by atoms with Crippen LogP contribution in [0.25, 0.3) is 0 Å². The van der Waals surface area contributed by atoms with Crippen LogP contribution in [0.1, 0.15) is 32.3 Å². The second-order valence-electron chi connectivity index (χ2n) is 5.69. The van der Waals surface area contributed by atoms with Crippen LogP contribution in [0.15, 0.2) is 24.3 Å². The molecular weight excluding hydrogens is 290 g/mol. The molecule has 0 atom stereocenters. The highest BCUT2D eigenvalue weighted by Gasteiger charge is 2.53. The van der Waals surface area contributed by atoms with Gasteiger partial charge in [-0.05, 0) is 44.4 Å². The van der Waals surface area contributed by atoms with Gasteiger partial charge in [0, 0.05) is 11.1 Å². The van der Waals surface area contributed by atoms with Crippen molar-refractivity contribution < 1.29 is 14.3 Å². The first-order chi connectivity index (χ1) is 9.90. The number of rotatable bonds is 5. The number of carbonyl (C=O) groups is 2. The maximum absolute atomic E-state index is 12.9. The molecule has 1 aromatic rings. The molecule has 0 N–H and O–H groups in total. The summed E-state index contributed by atoms with van der Waals surface area (Å²) >= 11 is 5.91. The topological polar surface area (TPSA) is 46.6 Å². The molecule has 1 amide bonds. The highest BCUT2D eigenvalue weighted by atomic mass is 35.5. The Labute approximate surface area is 130 Å². The van der Waals surface area contributed by atoms with E-state index in [-0.39, 0.29) is 18.5 Å². The van der Waals surface area contributed by atoms with Gasteiger partial charge in [0.15, 0.2) is 0 Å². The molecule has 0 unspecified atom stereocenters. The number of ether oxygens (including phenoxy) is 1. The van der Waals surface area contributed by atoms with E-state index < -0.39 is 11.4 Å². The van der Waals surface area contributed by atoms with Crippen LogP contribution in [0.3, 0.4) is 0 Å². The predicted molar refractivity (Wildman–Crippen MR) is 81.2 cm³/mol. The van der Waals surface area contributed by atoms with Gasteiger partial charge in [0.2, 0.25) is 5.91 Å². The van der Waals surface area contributed by atoms with E-state index in [4.69, 9.17) is 11.6 Å². The molecule has 0 saturated heterocycles. The Morgan fingerprint density at radius 1 is 1.29 bits per heavy atom. The van der Waals surface area contributed by atoms with Gasteiger partial charge in [-0.1, -0.05) is 23.7 Å². The zero-order valence-corrected chi connectivity index (χ0v) is 13.3. The molecule has 1 saturated carbocycles. The minimum Gasteiger partial charge on any atom is -0.468 e. The summed E-state index contributed by atoms with van der Waals surface area (Å²) < 4.78 is 4.69.